The average molecular weight is 478 g/mol. The molecule has 3 aromatic heterocycles. The molecule has 5 rings (SSSR count). The van der Waals surface area contributed by atoms with Gasteiger partial charge in [0.25, 0.3) is 0 Å². The monoisotopic (exact) mass is 477 g/mol. The summed E-state index contributed by atoms with van der Waals surface area (Å²) in [5.41, 5.74) is 1.53. The third-order valence-corrected chi connectivity index (χ3v) is 6.75. The van der Waals surface area contributed by atoms with E-state index in [4.69, 9.17) is 4.98 Å². The van der Waals surface area contributed by atoms with Gasteiger partial charge in [0.1, 0.15) is 23.5 Å². The Hall–Kier alpha value is -3.46. The summed E-state index contributed by atoms with van der Waals surface area (Å²) in [5, 5.41) is 40.4. The molecule has 1 aliphatic carbocycles. The lowest BCUT2D eigenvalue weighted by Crippen LogP contribution is -2.47. The summed E-state index contributed by atoms with van der Waals surface area (Å²) in [4.78, 5) is 13.7. The number of aliphatic hydroxyl groups excluding tert-OH is 2. The van der Waals surface area contributed by atoms with Crippen molar-refractivity contribution in [3.8, 4) is 6.07 Å². The SMILES string of the molecule is N#Cc1cnc2c(Nc3cccc(N4CCN(CCO)CC4)n3)cc(N[C@@H]3CCCC[C@H]3O)nn12. The maximum absolute atomic E-state index is 10.4. The van der Waals surface area contributed by atoms with Crippen LogP contribution in [0, 0.1) is 11.3 Å². The number of imidazole rings is 1. The van der Waals surface area contributed by atoms with Crippen LogP contribution in [0.5, 0.6) is 0 Å². The number of nitriles is 1. The fourth-order valence-electron chi connectivity index (χ4n) is 4.83. The number of nitrogens with zero attached hydrogens (tertiary/aromatic N) is 7. The highest BCUT2D eigenvalue weighted by Gasteiger charge is 2.24. The smallest absolute Gasteiger partial charge is 0.179 e. The summed E-state index contributed by atoms with van der Waals surface area (Å²) in [5.74, 6) is 2.11. The van der Waals surface area contributed by atoms with Crippen molar-refractivity contribution >= 4 is 28.8 Å². The van der Waals surface area contributed by atoms with Crippen molar-refractivity contribution in [3.63, 3.8) is 0 Å². The number of nitrogens with one attached hydrogen (secondary N) is 2. The van der Waals surface area contributed by atoms with Crippen LogP contribution < -0.4 is 15.5 Å². The van der Waals surface area contributed by atoms with E-state index in [-0.39, 0.29) is 12.6 Å². The first-order valence-electron chi connectivity index (χ1n) is 12.2. The first kappa shape index (κ1) is 23.3. The second kappa shape index (κ2) is 10.4. The zero-order valence-electron chi connectivity index (χ0n) is 19.6. The van der Waals surface area contributed by atoms with Gasteiger partial charge in [0.15, 0.2) is 11.3 Å². The Morgan fingerprint density at radius 3 is 2.71 bits per heavy atom. The van der Waals surface area contributed by atoms with E-state index in [1.807, 2.05) is 24.3 Å². The maximum Gasteiger partial charge on any atom is 0.179 e. The predicted octanol–water partition coefficient (Wildman–Crippen LogP) is 1.57. The zero-order valence-corrected chi connectivity index (χ0v) is 19.6. The summed E-state index contributed by atoms with van der Waals surface area (Å²) in [7, 11) is 0. The van der Waals surface area contributed by atoms with Gasteiger partial charge in [-0.1, -0.05) is 18.9 Å². The van der Waals surface area contributed by atoms with Crippen LogP contribution in [-0.2, 0) is 0 Å². The Morgan fingerprint density at radius 1 is 1.11 bits per heavy atom. The molecule has 1 saturated heterocycles. The van der Waals surface area contributed by atoms with Crippen molar-refractivity contribution in [1.82, 2.24) is 24.5 Å². The van der Waals surface area contributed by atoms with Crippen molar-refractivity contribution in [2.24, 2.45) is 0 Å². The standard InChI is InChI=1S/C24H31N9O2/c25-15-17-16-26-24-19(14-22(30-33(17)24)27-18-4-1-2-5-20(18)35)28-21-6-3-7-23(29-21)32-10-8-31(9-11-32)12-13-34/h3,6-7,14,16,18,20,34-35H,1-2,4-5,8-13H2,(H,27,30)(H,28,29)/t18-,20-/m1/s1. The largest absolute Gasteiger partial charge is 0.395 e. The summed E-state index contributed by atoms with van der Waals surface area (Å²) < 4.78 is 1.52. The summed E-state index contributed by atoms with van der Waals surface area (Å²) in [6, 6.07) is 9.77. The predicted molar refractivity (Wildman–Crippen MR) is 133 cm³/mol. The minimum absolute atomic E-state index is 0.0819. The Balaban J connectivity index is 1.39. The van der Waals surface area contributed by atoms with Crippen LogP contribution in [0.1, 0.15) is 31.4 Å². The molecule has 35 heavy (non-hydrogen) atoms. The highest BCUT2D eigenvalue weighted by atomic mass is 16.3. The van der Waals surface area contributed by atoms with Gasteiger partial charge in [0, 0.05) is 38.8 Å². The number of pyridine rings is 1. The van der Waals surface area contributed by atoms with Crippen LogP contribution in [-0.4, -0.2) is 86.2 Å². The number of fused-ring (bicyclic) bond motifs is 1. The van der Waals surface area contributed by atoms with Crippen molar-refractivity contribution in [2.75, 3.05) is 54.9 Å². The Kier molecular flexibility index (Phi) is 6.94. The zero-order chi connectivity index (χ0) is 24.2. The molecule has 4 heterocycles. The molecule has 184 valence electrons. The van der Waals surface area contributed by atoms with Gasteiger partial charge in [-0.3, -0.25) is 4.90 Å². The minimum atomic E-state index is -0.424. The highest BCUT2D eigenvalue weighted by molar-refractivity contribution is 5.75. The molecule has 0 amide bonds. The normalized spacial score (nSPS) is 21.1. The third-order valence-electron chi connectivity index (χ3n) is 6.75. The van der Waals surface area contributed by atoms with Gasteiger partial charge in [-0.15, -0.1) is 5.10 Å². The van der Waals surface area contributed by atoms with E-state index in [1.165, 1.54) is 10.7 Å². The third kappa shape index (κ3) is 5.14. The lowest BCUT2D eigenvalue weighted by Gasteiger charge is -2.35. The van der Waals surface area contributed by atoms with Crippen LogP contribution in [0.25, 0.3) is 5.65 Å². The van der Waals surface area contributed by atoms with E-state index in [2.05, 4.69) is 36.6 Å². The number of aromatic nitrogens is 4. The van der Waals surface area contributed by atoms with Crippen LogP contribution >= 0.6 is 0 Å². The molecule has 0 aromatic carbocycles. The highest BCUT2D eigenvalue weighted by Crippen LogP contribution is 2.27. The summed E-state index contributed by atoms with van der Waals surface area (Å²) in [6.07, 6.45) is 4.80. The van der Waals surface area contributed by atoms with Gasteiger partial charge in [-0.25, -0.2) is 9.97 Å². The van der Waals surface area contributed by atoms with Gasteiger partial charge in [0.05, 0.1) is 30.6 Å². The first-order chi connectivity index (χ1) is 17.1. The van der Waals surface area contributed by atoms with Gasteiger partial charge < -0.3 is 25.7 Å². The van der Waals surface area contributed by atoms with E-state index < -0.39 is 6.10 Å². The van der Waals surface area contributed by atoms with E-state index in [1.54, 1.807) is 0 Å². The Bertz CT molecular complexity index is 1200. The van der Waals surface area contributed by atoms with Crippen molar-refractivity contribution in [3.05, 3.63) is 36.2 Å². The Morgan fingerprint density at radius 2 is 1.94 bits per heavy atom. The molecule has 3 aromatic rings. The van der Waals surface area contributed by atoms with Gasteiger partial charge in [0.2, 0.25) is 0 Å². The molecule has 2 fully saturated rings. The minimum Gasteiger partial charge on any atom is -0.395 e. The number of rotatable bonds is 7. The Labute approximate surface area is 204 Å². The molecule has 0 unspecified atom stereocenters. The molecular weight excluding hydrogens is 446 g/mol. The number of hydrogen-bond donors (Lipinski definition) is 4. The van der Waals surface area contributed by atoms with Crippen LogP contribution in [0.2, 0.25) is 0 Å². The van der Waals surface area contributed by atoms with E-state index in [0.717, 1.165) is 57.7 Å². The molecule has 4 N–H and O–H groups in total. The molecule has 0 bridgehead atoms. The second-order valence-corrected chi connectivity index (χ2v) is 9.09. The molecule has 11 heteroatoms. The molecule has 0 radical (unpaired) electrons. The summed E-state index contributed by atoms with van der Waals surface area (Å²) in [6.45, 7) is 4.34. The molecule has 2 atom stereocenters. The quantitative estimate of drug-likeness (QED) is 0.397. The molecule has 1 saturated carbocycles. The molecular formula is C24H31N9O2. The number of aliphatic hydroxyl groups is 2. The molecule has 0 spiro atoms. The summed E-state index contributed by atoms with van der Waals surface area (Å²) >= 11 is 0. The number of piperazine rings is 1. The van der Waals surface area contributed by atoms with Crippen molar-refractivity contribution in [1.29, 1.82) is 5.26 Å². The van der Waals surface area contributed by atoms with Crippen LogP contribution in [0.3, 0.4) is 0 Å². The lowest BCUT2D eigenvalue weighted by molar-refractivity contribution is 0.116. The fourth-order valence-corrected chi connectivity index (χ4v) is 4.83. The number of hydrogen-bond acceptors (Lipinski definition) is 10. The van der Waals surface area contributed by atoms with E-state index >= 15 is 0 Å². The fraction of sp³-hybridized carbons (Fsp3) is 0.500. The van der Waals surface area contributed by atoms with Gasteiger partial charge >= 0.3 is 0 Å². The molecule has 11 nitrogen and oxygen atoms in total. The van der Waals surface area contributed by atoms with Crippen LogP contribution in [0.15, 0.2) is 30.5 Å². The van der Waals surface area contributed by atoms with E-state index in [9.17, 15) is 15.5 Å². The number of anilines is 4. The van der Waals surface area contributed by atoms with Gasteiger partial charge in [-0.05, 0) is 25.0 Å². The lowest BCUT2D eigenvalue weighted by atomic mass is 9.92. The number of β-amino-alcohol motifs (C(OH)–C–C–N with tert-alkyl or cyclic N) is 1. The van der Waals surface area contributed by atoms with E-state index in [0.29, 0.717) is 35.2 Å². The average Bonchev–Trinajstić information content (AvgIpc) is 3.30. The second-order valence-electron chi connectivity index (χ2n) is 9.09. The van der Waals surface area contributed by atoms with Crippen molar-refractivity contribution in [2.45, 2.75) is 37.8 Å². The topological polar surface area (TPSA) is 138 Å². The van der Waals surface area contributed by atoms with Crippen LogP contribution in [0.4, 0.5) is 23.1 Å². The van der Waals surface area contributed by atoms with Gasteiger partial charge in [-0.2, -0.15) is 9.78 Å². The molecule has 1 aliphatic heterocycles. The van der Waals surface area contributed by atoms with Crippen molar-refractivity contribution < 1.29 is 10.2 Å². The molecule has 2 aliphatic rings. The first-order valence-corrected chi connectivity index (χ1v) is 12.2. The maximum atomic E-state index is 10.4.